The second-order valence-corrected chi connectivity index (χ2v) is 5.78. The van der Waals surface area contributed by atoms with E-state index in [0.717, 1.165) is 11.8 Å². The maximum Gasteiger partial charge on any atom is 0.140 e. The van der Waals surface area contributed by atoms with E-state index in [1.807, 2.05) is 0 Å². The zero-order chi connectivity index (χ0) is 8.29. The predicted octanol–water partition coefficient (Wildman–Crippen LogP) is 2.39. The van der Waals surface area contributed by atoms with Gasteiger partial charge in [-0.25, -0.2) is 0 Å². The monoisotopic (exact) mass is 228 g/mol. The summed E-state index contributed by atoms with van der Waals surface area (Å²) in [5.41, 5.74) is 0. The van der Waals surface area contributed by atoms with Crippen LogP contribution in [0.25, 0.3) is 0 Å². The van der Waals surface area contributed by atoms with E-state index in [0.29, 0.717) is 22.4 Å². The third kappa shape index (κ3) is 0.822. The molecule has 0 heterocycles. The normalized spacial score (nSPS) is 56.4. The number of rotatable bonds is 0. The third-order valence-electron chi connectivity index (χ3n) is 4.03. The van der Waals surface area contributed by atoms with E-state index in [-0.39, 0.29) is 0 Å². The van der Waals surface area contributed by atoms with E-state index in [1.165, 1.54) is 25.7 Å². The molecule has 0 aromatic heterocycles. The number of Topliss-reactive ketones (excluding diaryl/α,β-unsaturated/α-hetero) is 1. The first kappa shape index (κ1) is 7.54. The Hall–Kier alpha value is 0.150. The number of hydrogen-bond donors (Lipinski definition) is 0. The Labute approximate surface area is 81.0 Å². The molecule has 0 amide bonds. The highest BCUT2D eigenvalue weighted by Gasteiger charge is 2.52. The van der Waals surface area contributed by atoms with Gasteiger partial charge in [0.05, 0.1) is 0 Å². The molecule has 0 saturated heterocycles. The standard InChI is InChI=1S/C10H13BrO/c11-9-6-1-5-2-7(4-6)10(12)8(9)3-5/h5-9H,1-4H2/t5-,6+,7-,8+,9-/m1/s1. The van der Waals surface area contributed by atoms with Crippen molar-refractivity contribution in [3.05, 3.63) is 0 Å². The summed E-state index contributed by atoms with van der Waals surface area (Å²) in [5, 5.41) is 0. The van der Waals surface area contributed by atoms with E-state index >= 15 is 0 Å². The van der Waals surface area contributed by atoms with Gasteiger partial charge in [-0.2, -0.15) is 0 Å². The van der Waals surface area contributed by atoms with Crippen molar-refractivity contribution in [1.29, 1.82) is 0 Å². The van der Waals surface area contributed by atoms with Crippen molar-refractivity contribution in [2.75, 3.05) is 0 Å². The number of halogens is 1. The topological polar surface area (TPSA) is 17.1 Å². The fourth-order valence-electron chi connectivity index (χ4n) is 3.56. The Balaban J connectivity index is 1.98. The van der Waals surface area contributed by atoms with E-state index in [9.17, 15) is 4.79 Å². The summed E-state index contributed by atoms with van der Waals surface area (Å²) in [4.78, 5) is 12.3. The maximum absolute atomic E-state index is 11.8. The molecule has 66 valence electrons. The van der Waals surface area contributed by atoms with Crippen molar-refractivity contribution in [3.63, 3.8) is 0 Å². The van der Waals surface area contributed by atoms with Crippen LogP contribution in [0.15, 0.2) is 0 Å². The number of carbonyl (C=O) groups excluding carboxylic acids is 1. The number of hydrogen-bond acceptors (Lipinski definition) is 1. The second kappa shape index (κ2) is 2.34. The smallest absolute Gasteiger partial charge is 0.140 e. The molecule has 12 heavy (non-hydrogen) atoms. The first-order chi connectivity index (χ1) is 5.75. The second-order valence-electron chi connectivity index (χ2n) is 4.72. The first-order valence-corrected chi connectivity index (χ1v) is 5.85. The van der Waals surface area contributed by atoms with Crippen LogP contribution in [-0.2, 0) is 4.79 Å². The minimum atomic E-state index is 0.390. The Kier molecular flexibility index (Phi) is 1.47. The van der Waals surface area contributed by atoms with Crippen molar-refractivity contribution in [2.24, 2.45) is 23.7 Å². The summed E-state index contributed by atoms with van der Waals surface area (Å²) in [6.07, 6.45) is 4.96. The molecule has 4 aliphatic carbocycles. The van der Waals surface area contributed by atoms with Crippen LogP contribution in [0, 0.1) is 23.7 Å². The lowest BCUT2D eigenvalue weighted by Crippen LogP contribution is -2.51. The lowest BCUT2D eigenvalue weighted by Gasteiger charge is -2.51. The Morgan fingerprint density at radius 1 is 1.17 bits per heavy atom. The molecule has 4 fully saturated rings. The van der Waals surface area contributed by atoms with Gasteiger partial charge in [-0.15, -0.1) is 0 Å². The lowest BCUT2D eigenvalue weighted by molar-refractivity contribution is -0.138. The Morgan fingerprint density at radius 3 is 2.83 bits per heavy atom. The van der Waals surface area contributed by atoms with Crippen molar-refractivity contribution in [2.45, 2.75) is 30.5 Å². The molecular weight excluding hydrogens is 216 g/mol. The summed E-state index contributed by atoms with van der Waals surface area (Å²) in [7, 11) is 0. The number of ketones is 1. The number of carbonyl (C=O) groups is 1. The van der Waals surface area contributed by atoms with Gasteiger partial charge in [0.25, 0.3) is 0 Å². The molecule has 1 nitrogen and oxygen atoms in total. The van der Waals surface area contributed by atoms with Gasteiger partial charge >= 0.3 is 0 Å². The highest BCUT2D eigenvalue weighted by Crippen LogP contribution is 2.54. The van der Waals surface area contributed by atoms with Crippen LogP contribution in [0.1, 0.15) is 25.7 Å². The molecule has 0 unspecified atom stereocenters. The highest BCUT2D eigenvalue weighted by molar-refractivity contribution is 9.09. The van der Waals surface area contributed by atoms with Crippen LogP contribution < -0.4 is 0 Å². The summed E-state index contributed by atoms with van der Waals surface area (Å²) >= 11 is 3.70. The summed E-state index contributed by atoms with van der Waals surface area (Å²) in [6.45, 7) is 0. The maximum atomic E-state index is 11.8. The minimum absolute atomic E-state index is 0.390. The van der Waals surface area contributed by atoms with Crippen LogP contribution in [-0.4, -0.2) is 10.6 Å². The van der Waals surface area contributed by atoms with Gasteiger partial charge < -0.3 is 0 Å². The van der Waals surface area contributed by atoms with Gasteiger partial charge in [-0.05, 0) is 37.5 Å². The van der Waals surface area contributed by atoms with Crippen LogP contribution in [0.2, 0.25) is 0 Å². The molecular formula is C10H13BrO. The molecule has 0 aliphatic heterocycles. The lowest BCUT2D eigenvalue weighted by atomic mass is 9.56. The van der Waals surface area contributed by atoms with Gasteiger partial charge in [0.2, 0.25) is 0 Å². The van der Waals surface area contributed by atoms with Crippen LogP contribution in [0.3, 0.4) is 0 Å². The van der Waals surface area contributed by atoms with Crippen molar-refractivity contribution >= 4 is 21.7 Å². The Morgan fingerprint density at radius 2 is 2.00 bits per heavy atom. The molecule has 0 spiro atoms. The van der Waals surface area contributed by atoms with Gasteiger partial charge in [0.1, 0.15) is 5.78 Å². The molecule has 2 heteroatoms. The number of alkyl halides is 1. The zero-order valence-corrected chi connectivity index (χ0v) is 8.59. The van der Waals surface area contributed by atoms with Crippen LogP contribution >= 0.6 is 15.9 Å². The van der Waals surface area contributed by atoms with E-state index in [1.54, 1.807) is 0 Å². The van der Waals surface area contributed by atoms with Gasteiger partial charge in [-0.1, -0.05) is 15.9 Å². The van der Waals surface area contributed by atoms with E-state index in [2.05, 4.69) is 15.9 Å². The van der Waals surface area contributed by atoms with E-state index in [4.69, 9.17) is 0 Å². The molecule has 4 rings (SSSR count). The fraction of sp³-hybridized carbons (Fsp3) is 0.900. The first-order valence-electron chi connectivity index (χ1n) is 4.93. The fourth-order valence-corrected chi connectivity index (χ4v) is 4.47. The average Bonchev–Trinajstić information content (AvgIpc) is 2.07. The van der Waals surface area contributed by atoms with Gasteiger partial charge in [-0.3, -0.25) is 4.79 Å². The average molecular weight is 229 g/mol. The highest BCUT2D eigenvalue weighted by atomic mass is 79.9. The Bertz CT molecular complexity index is 238. The minimum Gasteiger partial charge on any atom is -0.299 e. The molecule has 4 aliphatic rings. The summed E-state index contributed by atoms with van der Waals surface area (Å²) in [6, 6.07) is 0. The van der Waals surface area contributed by atoms with E-state index < -0.39 is 0 Å². The molecule has 0 N–H and O–H groups in total. The van der Waals surface area contributed by atoms with Crippen molar-refractivity contribution in [3.8, 4) is 0 Å². The van der Waals surface area contributed by atoms with Crippen molar-refractivity contribution < 1.29 is 4.79 Å². The van der Waals surface area contributed by atoms with Crippen LogP contribution in [0.5, 0.6) is 0 Å². The van der Waals surface area contributed by atoms with Gasteiger partial charge in [0.15, 0.2) is 0 Å². The summed E-state index contributed by atoms with van der Waals surface area (Å²) in [5.74, 6) is 3.14. The largest absolute Gasteiger partial charge is 0.299 e. The summed E-state index contributed by atoms with van der Waals surface area (Å²) < 4.78 is 0. The molecule has 0 radical (unpaired) electrons. The molecule has 5 atom stereocenters. The zero-order valence-electron chi connectivity index (χ0n) is 7.00. The SMILES string of the molecule is O=C1[C@@H]2C[C@H]3C[C@@H](C2)[C@@H](Br)[C@@H]1C3. The quantitative estimate of drug-likeness (QED) is 0.583. The van der Waals surface area contributed by atoms with Crippen LogP contribution in [0.4, 0.5) is 0 Å². The third-order valence-corrected chi connectivity index (χ3v) is 5.42. The molecule has 4 bridgehead atoms. The predicted molar refractivity (Wildman–Crippen MR) is 50.2 cm³/mol. The molecule has 0 aromatic carbocycles. The molecule has 4 saturated carbocycles. The van der Waals surface area contributed by atoms with Gasteiger partial charge in [0, 0.05) is 16.7 Å². The van der Waals surface area contributed by atoms with Crippen molar-refractivity contribution in [1.82, 2.24) is 0 Å². The molecule has 0 aromatic rings.